The SMILES string of the molecule is CC(C)(C)OC(=O)NC/C=C/C(F)(F)F. The summed E-state index contributed by atoms with van der Waals surface area (Å²) in [6.07, 6.45) is -4.22. The van der Waals surface area contributed by atoms with E-state index < -0.39 is 17.9 Å². The smallest absolute Gasteiger partial charge is 0.409 e. The second-order valence-corrected chi connectivity index (χ2v) is 3.83. The van der Waals surface area contributed by atoms with Crippen molar-refractivity contribution < 1.29 is 22.7 Å². The van der Waals surface area contributed by atoms with Crippen LogP contribution in [0.25, 0.3) is 0 Å². The van der Waals surface area contributed by atoms with Crippen LogP contribution < -0.4 is 5.32 Å². The van der Waals surface area contributed by atoms with E-state index >= 15 is 0 Å². The number of ether oxygens (including phenoxy) is 1. The maximum atomic E-state index is 11.6. The number of nitrogens with one attached hydrogen (secondary N) is 1. The van der Waals surface area contributed by atoms with Gasteiger partial charge >= 0.3 is 12.3 Å². The molecule has 0 aromatic rings. The summed E-state index contributed by atoms with van der Waals surface area (Å²) in [6, 6.07) is 0. The molecule has 0 heterocycles. The van der Waals surface area contributed by atoms with E-state index in [-0.39, 0.29) is 12.6 Å². The van der Waals surface area contributed by atoms with Gasteiger partial charge in [0, 0.05) is 12.6 Å². The second kappa shape index (κ2) is 5.04. The molecule has 88 valence electrons. The lowest BCUT2D eigenvalue weighted by Crippen LogP contribution is -2.32. The van der Waals surface area contributed by atoms with Crippen molar-refractivity contribution in [2.45, 2.75) is 32.5 Å². The molecule has 15 heavy (non-hydrogen) atoms. The van der Waals surface area contributed by atoms with Crippen molar-refractivity contribution in [2.75, 3.05) is 6.54 Å². The minimum absolute atomic E-state index is 0.0599. The van der Waals surface area contributed by atoms with Crippen molar-refractivity contribution in [1.82, 2.24) is 5.32 Å². The molecule has 3 nitrogen and oxygen atoms in total. The van der Waals surface area contributed by atoms with Gasteiger partial charge in [0.1, 0.15) is 5.60 Å². The molecule has 0 radical (unpaired) electrons. The van der Waals surface area contributed by atoms with Crippen LogP contribution in [0.5, 0.6) is 0 Å². The predicted molar refractivity (Wildman–Crippen MR) is 49.4 cm³/mol. The van der Waals surface area contributed by atoms with Crippen LogP contribution >= 0.6 is 0 Å². The van der Waals surface area contributed by atoms with Gasteiger partial charge in [0.25, 0.3) is 0 Å². The highest BCUT2D eigenvalue weighted by atomic mass is 19.4. The van der Waals surface area contributed by atoms with Crippen LogP contribution in [-0.2, 0) is 4.74 Å². The van der Waals surface area contributed by atoms with Crippen LogP contribution in [0.4, 0.5) is 18.0 Å². The number of hydrogen-bond acceptors (Lipinski definition) is 2. The minimum Gasteiger partial charge on any atom is -0.444 e. The van der Waals surface area contributed by atoms with Gasteiger partial charge in [-0.25, -0.2) is 4.79 Å². The molecule has 0 fully saturated rings. The molecule has 0 rings (SSSR count). The third-order valence-electron chi connectivity index (χ3n) is 1.07. The first kappa shape index (κ1) is 13.8. The number of carbonyl (C=O) groups is 1. The van der Waals surface area contributed by atoms with Gasteiger partial charge < -0.3 is 10.1 Å². The largest absolute Gasteiger partial charge is 0.444 e. The molecular formula is C9H14F3NO2. The zero-order valence-corrected chi connectivity index (χ0v) is 8.81. The first-order valence-corrected chi connectivity index (χ1v) is 4.31. The van der Waals surface area contributed by atoms with Gasteiger partial charge in [-0.05, 0) is 20.8 Å². The van der Waals surface area contributed by atoms with E-state index in [0.29, 0.717) is 0 Å². The molecular weight excluding hydrogens is 211 g/mol. The molecule has 0 bridgehead atoms. The Kier molecular flexibility index (Phi) is 4.64. The summed E-state index contributed by atoms with van der Waals surface area (Å²) >= 11 is 0. The average molecular weight is 225 g/mol. The van der Waals surface area contributed by atoms with Crippen LogP contribution in [0.15, 0.2) is 12.2 Å². The third-order valence-corrected chi connectivity index (χ3v) is 1.07. The van der Waals surface area contributed by atoms with Gasteiger partial charge in [0.2, 0.25) is 0 Å². The number of alkyl carbamates (subject to hydrolysis) is 1. The molecule has 0 saturated heterocycles. The molecule has 0 unspecified atom stereocenters. The Balaban J connectivity index is 3.79. The van der Waals surface area contributed by atoms with E-state index in [9.17, 15) is 18.0 Å². The highest BCUT2D eigenvalue weighted by molar-refractivity contribution is 5.67. The van der Waals surface area contributed by atoms with Crippen LogP contribution in [0.2, 0.25) is 0 Å². The van der Waals surface area contributed by atoms with Crippen molar-refractivity contribution in [1.29, 1.82) is 0 Å². The summed E-state index contributed by atoms with van der Waals surface area (Å²) in [7, 11) is 0. The zero-order valence-electron chi connectivity index (χ0n) is 8.81. The third kappa shape index (κ3) is 10.7. The van der Waals surface area contributed by atoms with Crippen LogP contribution in [0.3, 0.4) is 0 Å². The average Bonchev–Trinajstić information content (AvgIpc) is 1.92. The van der Waals surface area contributed by atoms with Gasteiger partial charge in [-0.1, -0.05) is 6.08 Å². The van der Waals surface area contributed by atoms with E-state index in [1.54, 1.807) is 20.8 Å². The Hall–Kier alpha value is -1.20. The Morgan fingerprint density at radius 2 is 1.87 bits per heavy atom. The van der Waals surface area contributed by atoms with Crippen molar-refractivity contribution in [3.63, 3.8) is 0 Å². The maximum Gasteiger partial charge on any atom is 0.409 e. The van der Waals surface area contributed by atoms with E-state index in [1.807, 2.05) is 0 Å². The number of allylic oxidation sites excluding steroid dienone is 1. The molecule has 0 spiro atoms. The first-order valence-electron chi connectivity index (χ1n) is 4.31. The minimum atomic E-state index is -4.35. The molecule has 1 N–H and O–H groups in total. The second-order valence-electron chi connectivity index (χ2n) is 3.83. The topological polar surface area (TPSA) is 38.3 Å². The highest BCUT2D eigenvalue weighted by Crippen LogP contribution is 2.15. The molecule has 0 saturated carbocycles. The number of hydrogen-bond donors (Lipinski definition) is 1. The summed E-state index contributed by atoms with van der Waals surface area (Å²) in [5.74, 6) is 0. The molecule has 0 aromatic carbocycles. The molecule has 6 heteroatoms. The van der Waals surface area contributed by atoms with Gasteiger partial charge in [-0.2, -0.15) is 13.2 Å². The number of alkyl halides is 3. The lowest BCUT2D eigenvalue weighted by atomic mass is 10.2. The van der Waals surface area contributed by atoms with E-state index in [2.05, 4.69) is 5.32 Å². The monoisotopic (exact) mass is 225 g/mol. The number of halogens is 3. The van der Waals surface area contributed by atoms with Crippen LogP contribution in [0.1, 0.15) is 20.8 Å². The fourth-order valence-corrected chi connectivity index (χ4v) is 0.649. The summed E-state index contributed by atoms with van der Waals surface area (Å²) < 4.78 is 39.7. The van der Waals surface area contributed by atoms with E-state index in [4.69, 9.17) is 4.74 Å². The summed E-state index contributed by atoms with van der Waals surface area (Å²) in [6.45, 7) is 4.78. The maximum absolute atomic E-state index is 11.6. The fraction of sp³-hybridized carbons (Fsp3) is 0.667. The lowest BCUT2D eigenvalue weighted by Gasteiger charge is -2.19. The Bertz CT molecular complexity index is 241. The summed E-state index contributed by atoms with van der Waals surface area (Å²) in [5.41, 5.74) is -0.655. The molecule has 0 aliphatic carbocycles. The standard InChI is InChI=1S/C9H14F3NO2/c1-8(2,3)15-7(14)13-6-4-5-9(10,11)12/h4-5H,6H2,1-3H3,(H,13,14)/b5-4+. The summed E-state index contributed by atoms with van der Waals surface area (Å²) in [5, 5.41) is 2.16. The normalized spacial score (nSPS) is 12.9. The zero-order chi connectivity index (χ0) is 12.1. The number of amides is 1. The Labute approximate surface area is 86.3 Å². The van der Waals surface area contributed by atoms with Crippen molar-refractivity contribution in [3.8, 4) is 0 Å². The first-order chi connectivity index (χ1) is 6.60. The highest BCUT2D eigenvalue weighted by Gasteiger charge is 2.21. The van der Waals surface area contributed by atoms with Gasteiger partial charge in [-0.3, -0.25) is 0 Å². The molecule has 0 aliphatic heterocycles. The predicted octanol–water partition coefficient (Wildman–Crippen LogP) is 2.63. The van der Waals surface area contributed by atoms with Crippen LogP contribution in [-0.4, -0.2) is 24.4 Å². The molecule has 0 aromatic heterocycles. The van der Waals surface area contributed by atoms with Crippen LogP contribution in [0, 0.1) is 0 Å². The quantitative estimate of drug-likeness (QED) is 0.733. The van der Waals surface area contributed by atoms with Crippen molar-refractivity contribution >= 4 is 6.09 Å². The number of carbonyl (C=O) groups excluding carboxylic acids is 1. The molecule has 0 atom stereocenters. The van der Waals surface area contributed by atoms with Gasteiger partial charge in [0.05, 0.1) is 0 Å². The van der Waals surface area contributed by atoms with Gasteiger partial charge in [-0.15, -0.1) is 0 Å². The Morgan fingerprint density at radius 1 is 1.33 bits per heavy atom. The van der Waals surface area contributed by atoms with E-state index in [0.717, 1.165) is 6.08 Å². The molecule has 0 aliphatic rings. The van der Waals surface area contributed by atoms with Crippen molar-refractivity contribution in [2.24, 2.45) is 0 Å². The lowest BCUT2D eigenvalue weighted by molar-refractivity contribution is -0.0800. The Morgan fingerprint density at radius 3 is 2.27 bits per heavy atom. The van der Waals surface area contributed by atoms with Crippen molar-refractivity contribution in [3.05, 3.63) is 12.2 Å². The summed E-state index contributed by atoms with van der Waals surface area (Å²) in [4.78, 5) is 10.9. The van der Waals surface area contributed by atoms with E-state index in [1.165, 1.54) is 0 Å². The molecule has 1 amide bonds. The fourth-order valence-electron chi connectivity index (χ4n) is 0.649. The van der Waals surface area contributed by atoms with Gasteiger partial charge in [0.15, 0.2) is 0 Å². The number of rotatable bonds is 2.